The average molecular weight is 257 g/mol. The third-order valence-electron chi connectivity index (χ3n) is 3.57. The van der Waals surface area contributed by atoms with Crippen molar-refractivity contribution in [3.8, 4) is 0 Å². The van der Waals surface area contributed by atoms with Crippen LogP contribution in [0.15, 0.2) is 0 Å². The van der Waals surface area contributed by atoms with E-state index in [1.54, 1.807) is 7.11 Å². The summed E-state index contributed by atoms with van der Waals surface area (Å²) in [5.74, 6) is -0.831. The van der Waals surface area contributed by atoms with E-state index in [0.29, 0.717) is 19.4 Å². The van der Waals surface area contributed by atoms with Gasteiger partial charge in [0.15, 0.2) is 0 Å². The van der Waals surface area contributed by atoms with Crippen LogP contribution in [0, 0.1) is 0 Å². The molecule has 2 N–H and O–H groups in total. The van der Waals surface area contributed by atoms with Crippen molar-refractivity contribution < 1.29 is 19.4 Å². The predicted molar refractivity (Wildman–Crippen MR) is 67.3 cm³/mol. The van der Waals surface area contributed by atoms with E-state index < -0.39 is 11.6 Å². The predicted octanol–water partition coefficient (Wildman–Crippen LogP) is 1.71. The minimum Gasteiger partial charge on any atom is -0.481 e. The zero-order valence-electron chi connectivity index (χ0n) is 11.0. The molecule has 0 spiro atoms. The Hall–Kier alpha value is -1.10. The van der Waals surface area contributed by atoms with Crippen LogP contribution >= 0.6 is 0 Å². The van der Waals surface area contributed by atoms with Crippen molar-refractivity contribution in [2.75, 3.05) is 13.7 Å². The van der Waals surface area contributed by atoms with Gasteiger partial charge in [-0.2, -0.15) is 0 Å². The second kappa shape index (κ2) is 7.36. The summed E-state index contributed by atoms with van der Waals surface area (Å²) in [5, 5.41) is 11.4. The number of ether oxygens (including phenoxy) is 1. The van der Waals surface area contributed by atoms with E-state index in [2.05, 4.69) is 5.32 Å². The number of amides is 1. The Balaban J connectivity index is 2.27. The molecule has 0 unspecified atom stereocenters. The zero-order chi connectivity index (χ0) is 13.4. The molecule has 5 nitrogen and oxygen atoms in total. The molecule has 1 saturated carbocycles. The standard InChI is InChI=1S/C13H23NO4/c1-18-13(8-4-2-5-9-13)12(17)14-10-6-3-7-11(15)16/h2-10H2,1H3,(H,14,17)(H,15,16). The lowest BCUT2D eigenvalue weighted by atomic mass is 9.84. The highest BCUT2D eigenvalue weighted by molar-refractivity contribution is 5.85. The molecule has 1 rings (SSSR count). The molecular formula is C13H23NO4. The fourth-order valence-corrected chi connectivity index (χ4v) is 2.41. The van der Waals surface area contributed by atoms with Gasteiger partial charge in [0.1, 0.15) is 5.60 Å². The number of carbonyl (C=O) groups is 2. The molecule has 1 fully saturated rings. The van der Waals surface area contributed by atoms with Gasteiger partial charge in [0.25, 0.3) is 5.91 Å². The van der Waals surface area contributed by atoms with Crippen molar-refractivity contribution in [1.82, 2.24) is 5.32 Å². The molecule has 0 radical (unpaired) electrons. The van der Waals surface area contributed by atoms with Crippen molar-refractivity contribution in [1.29, 1.82) is 0 Å². The molecule has 0 atom stereocenters. The molecule has 18 heavy (non-hydrogen) atoms. The van der Waals surface area contributed by atoms with Gasteiger partial charge in [-0.3, -0.25) is 9.59 Å². The highest BCUT2D eigenvalue weighted by atomic mass is 16.5. The van der Waals surface area contributed by atoms with E-state index >= 15 is 0 Å². The normalized spacial score (nSPS) is 18.3. The lowest BCUT2D eigenvalue weighted by Gasteiger charge is -2.34. The number of nitrogens with one attached hydrogen (secondary N) is 1. The summed E-state index contributed by atoms with van der Waals surface area (Å²) >= 11 is 0. The van der Waals surface area contributed by atoms with Gasteiger partial charge in [-0.05, 0) is 25.7 Å². The molecule has 0 saturated heterocycles. The molecule has 0 aromatic heterocycles. The van der Waals surface area contributed by atoms with Gasteiger partial charge >= 0.3 is 5.97 Å². The van der Waals surface area contributed by atoms with Crippen molar-refractivity contribution in [2.24, 2.45) is 0 Å². The molecule has 104 valence electrons. The maximum atomic E-state index is 12.1. The highest BCUT2D eigenvalue weighted by Gasteiger charge is 2.39. The molecule has 1 aliphatic rings. The third kappa shape index (κ3) is 4.29. The Morgan fingerprint density at radius 2 is 1.89 bits per heavy atom. The van der Waals surface area contributed by atoms with Crippen molar-refractivity contribution in [3.05, 3.63) is 0 Å². The van der Waals surface area contributed by atoms with Crippen molar-refractivity contribution in [3.63, 3.8) is 0 Å². The lowest BCUT2D eigenvalue weighted by Crippen LogP contribution is -2.49. The van der Waals surface area contributed by atoms with Crippen LogP contribution in [0.1, 0.15) is 51.4 Å². The average Bonchev–Trinajstić information content (AvgIpc) is 2.38. The van der Waals surface area contributed by atoms with Crippen LogP contribution in [0.25, 0.3) is 0 Å². The second-order valence-corrected chi connectivity index (χ2v) is 4.87. The molecule has 0 aliphatic heterocycles. The molecule has 0 aromatic carbocycles. The van der Waals surface area contributed by atoms with Crippen LogP contribution in [-0.4, -0.2) is 36.2 Å². The van der Waals surface area contributed by atoms with Crippen LogP contribution < -0.4 is 5.32 Å². The molecule has 0 bridgehead atoms. The Kier molecular flexibility index (Phi) is 6.12. The van der Waals surface area contributed by atoms with Gasteiger partial charge < -0.3 is 15.2 Å². The number of methoxy groups -OCH3 is 1. The van der Waals surface area contributed by atoms with Crippen LogP contribution in [-0.2, 0) is 14.3 Å². The topological polar surface area (TPSA) is 75.6 Å². The number of aliphatic carboxylic acids is 1. The molecule has 5 heteroatoms. The summed E-state index contributed by atoms with van der Waals surface area (Å²) in [6.07, 6.45) is 6.23. The number of carboxylic acids is 1. The second-order valence-electron chi connectivity index (χ2n) is 4.87. The first-order chi connectivity index (χ1) is 8.60. The van der Waals surface area contributed by atoms with E-state index in [-0.39, 0.29) is 12.3 Å². The Bertz CT molecular complexity index is 285. The number of hydrogen-bond acceptors (Lipinski definition) is 3. The SMILES string of the molecule is COC1(C(=O)NCCCCC(=O)O)CCCCC1. The third-order valence-corrected chi connectivity index (χ3v) is 3.57. The first kappa shape index (κ1) is 15.0. The summed E-state index contributed by atoms with van der Waals surface area (Å²) in [5.41, 5.74) is -0.648. The quantitative estimate of drug-likeness (QED) is 0.681. The first-order valence-electron chi connectivity index (χ1n) is 6.66. The van der Waals surface area contributed by atoms with E-state index in [4.69, 9.17) is 9.84 Å². The van der Waals surface area contributed by atoms with E-state index in [9.17, 15) is 9.59 Å². The van der Waals surface area contributed by atoms with Crippen LogP contribution in [0.2, 0.25) is 0 Å². The van der Waals surface area contributed by atoms with Crippen molar-refractivity contribution in [2.45, 2.75) is 57.0 Å². The van der Waals surface area contributed by atoms with Crippen molar-refractivity contribution >= 4 is 11.9 Å². The summed E-state index contributed by atoms with van der Waals surface area (Å²) in [7, 11) is 1.59. The van der Waals surface area contributed by atoms with E-state index in [0.717, 1.165) is 32.1 Å². The Labute approximate surface area is 108 Å². The maximum absolute atomic E-state index is 12.1. The van der Waals surface area contributed by atoms with Gasteiger partial charge in [-0.1, -0.05) is 19.3 Å². The number of hydrogen-bond donors (Lipinski definition) is 2. The van der Waals surface area contributed by atoms with Gasteiger partial charge in [-0.25, -0.2) is 0 Å². The molecule has 0 aromatic rings. The van der Waals surface area contributed by atoms with Gasteiger partial charge in [-0.15, -0.1) is 0 Å². The van der Waals surface area contributed by atoms with Crippen LogP contribution in [0.5, 0.6) is 0 Å². The lowest BCUT2D eigenvalue weighted by molar-refractivity contribution is -0.147. The van der Waals surface area contributed by atoms with Gasteiger partial charge in [0.05, 0.1) is 0 Å². The minimum absolute atomic E-state index is 0.0416. The monoisotopic (exact) mass is 257 g/mol. The molecular weight excluding hydrogens is 234 g/mol. The maximum Gasteiger partial charge on any atom is 0.303 e. The number of carbonyl (C=O) groups excluding carboxylic acids is 1. The first-order valence-corrected chi connectivity index (χ1v) is 6.66. The smallest absolute Gasteiger partial charge is 0.303 e. The summed E-state index contributed by atoms with van der Waals surface area (Å²) in [6, 6.07) is 0. The Morgan fingerprint density at radius 3 is 2.44 bits per heavy atom. The van der Waals surface area contributed by atoms with Crippen LogP contribution in [0.4, 0.5) is 0 Å². The summed E-state index contributed by atoms with van der Waals surface area (Å²) in [6.45, 7) is 0.525. The zero-order valence-corrected chi connectivity index (χ0v) is 11.0. The summed E-state index contributed by atoms with van der Waals surface area (Å²) in [4.78, 5) is 22.4. The molecule has 0 heterocycles. The van der Waals surface area contributed by atoms with E-state index in [1.807, 2.05) is 0 Å². The van der Waals surface area contributed by atoms with E-state index in [1.165, 1.54) is 0 Å². The highest BCUT2D eigenvalue weighted by Crippen LogP contribution is 2.31. The largest absolute Gasteiger partial charge is 0.481 e. The number of rotatable bonds is 7. The van der Waals surface area contributed by atoms with Gasteiger partial charge in [0, 0.05) is 20.1 Å². The minimum atomic E-state index is -0.790. The Morgan fingerprint density at radius 1 is 1.22 bits per heavy atom. The number of carboxylic acid groups (broad SMARTS) is 1. The fraction of sp³-hybridized carbons (Fsp3) is 0.846. The van der Waals surface area contributed by atoms with Gasteiger partial charge in [0.2, 0.25) is 0 Å². The van der Waals surface area contributed by atoms with Crippen LogP contribution in [0.3, 0.4) is 0 Å². The number of unbranched alkanes of at least 4 members (excludes halogenated alkanes) is 1. The molecule has 1 aliphatic carbocycles. The summed E-state index contributed by atoms with van der Waals surface area (Å²) < 4.78 is 5.43. The fourth-order valence-electron chi connectivity index (χ4n) is 2.41. The molecule has 1 amide bonds.